The highest BCUT2D eigenvalue weighted by atomic mass is 35.5. The fourth-order valence-corrected chi connectivity index (χ4v) is 2.45. The van der Waals surface area contributed by atoms with E-state index in [9.17, 15) is 0 Å². The molecule has 0 aromatic rings. The summed E-state index contributed by atoms with van der Waals surface area (Å²) in [6.45, 7) is 4.22. The molecule has 2 heteroatoms. The summed E-state index contributed by atoms with van der Waals surface area (Å²) in [6.07, 6.45) is 8.18. The van der Waals surface area contributed by atoms with Gasteiger partial charge in [0, 0.05) is 18.7 Å². The summed E-state index contributed by atoms with van der Waals surface area (Å²) in [5.41, 5.74) is 0. The minimum atomic E-state index is 0.839. The number of hydrogen-bond donors (Lipinski definition) is 0. The Labute approximate surface area is 87.7 Å². The van der Waals surface area contributed by atoms with Crippen molar-refractivity contribution in [2.75, 3.05) is 32.6 Å². The molecule has 0 aliphatic carbocycles. The summed E-state index contributed by atoms with van der Waals surface area (Å²) < 4.78 is 1.33. The standard InChI is InChI=1S/C11H23ClN/c1-13(10-6-7-11-13)9-5-3-2-4-8-12/h2-11H2,1H3/q+1. The van der Waals surface area contributed by atoms with Crippen LogP contribution in [0.3, 0.4) is 0 Å². The minimum Gasteiger partial charge on any atom is -0.326 e. The lowest BCUT2D eigenvalue weighted by Crippen LogP contribution is -2.41. The van der Waals surface area contributed by atoms with E-state index >= 15 is 0 Å². The van der Waals surface area contributed by atoms with Crippen LogP contribution in [-0.2, 0) is 0 Å². The van der Waals surface area contributed by atoms with Crippen molar-refractivity contribution in [1.82, 2.24) is 0 Å². The topological polar surface area (TPSA) is 0 Å². The smallest absolute Gasteiger partial charge is 0.0786 e. The summed E-state index contributed by atoms with van der Waals surface area (Å²) in [4.78, 5) is 0. The lowest BCUT2D eigenvalue weighted by Gasteiger charge is -2.29. The molecule has 0 spiro atoms. The van der Waals surface area contributed by atoms with Crippen molar-refractivity contribution >= 4 is 11.6 Å². The van der Waals surface area contributed by atoms with Gasteiger partial charge in [-0.25, -0.2) is 0 Å². The van der Waals surface area contributed by atoms with Gasteiger partial charge in [0.1, 0.15) is 0 Å². The predicted molar refractivity (Wildman–Crippen MR) is 59.2 cm³/mol. The van der Waals surface area contributed by atoms with Gasteiger partial charge >= 0.3 is 0 Å². The number of nitrogens with zero attached hydrogens (tertiary/aromatic N) is 1. The van der Waals surface area contributed by atoms with Gasteiger partial charge in [-0.15, -0.1) is 11.6 Å². The van der Waals surface area contributed by atoms with Gasteiger partial charge in [0.05, 0.1) is 26.7 Å². The van der Waals surface area contributed by atoms with E-state index in [-0.39, 0.29) is 0 Å². The third kappa shape index (κ3) is 4.33. The van der Waals surface area contributed by atoms with Crippen LogP contribution in [0.1, 0.15) is 38.5 Å². The van der Waals surface area contributed by atoms with Crippen molar-refractivity contribution in [1.29, 1.82) is 0 Å². The van der Waals surface area contributed by atoms with E-state index in [2.05, 4.69) is 7.05 Å². The molecule has 1 rings (SSSR count). The second-order valence-corrected chi connectivity index (χ2v) is 4.98. The molecular formula is C11H23ClN+. The molecule has 78 valence electrons. The molecule has 0 radical (unpaired) electrons. The molecular weight excluding hydrogens is 182 g/mol. The Morgan fingerprint density at radius 2 is 1.62 bits per heavy atom. The zero-order valence-corrected chi connectivity index (χ0v) is 9.65. The fourth-order valence-electron chi connectivity index (χ4n) is 2.26. The lowest BCUT2D eigenvalue weighted by atomic mass is 10.2. The maximum absolute atomic E-state index is 5.63. The van der Waals surface area contributed by atoms with Crippen LogP contribution in [0, 0.1) is 0 Å². The second kappa shape index (κ2) is 5.87. The molecule has 0 amide bonds. The van der Waals surface area contributed by atoms with Crippen LogP contribution >= 0.6 is 11.6 Å². The molecule has 0 atom stereocenters. The first-order chi connectivity index (χ1) is 6.27. The zero-order chi connectivity index (χ0) is 9.57. The monoisotopic (exact) mass is 204 g/mol. The second-order valence-electron chi connectivity index (χ2n) is 4.60. The Kier molecular flexibility index (Phi) is 5.12. The van der Waals surface area contributed by atoms with Gasteiger partial charge in [0.25, 0.3) is 0 Å². The molecule has 1 nitrogen and oxygen atoms in total. The molecule has 0 bridgehead atoms. The molecule has 0 aromatic heterocycles. The number of unbranched alkanes of at least 4 members (excludes halogenated alkanes) is 3. The van der Waals surface area contributed by atoms with E-state index in [1.807, 2.05) is 0 Å². The molecule has 0 N–H and O–H groups in total. The third-order valence-corrected chi connectivity index (χ3v) is 3.49. The van der Waals surface area contributed by atoms with Gasteiger partial charge < -0.3 is 4.48 Å². The summed E-state index contributed by atoms with van der Waals surface area (Å²) >= 11 is 5.63. The summed E-state index contributed by atoms with van der Waals surface area (Å²) in [7, 11) is 2.41. The largest absolute Gasteiger partial charge is 0.326 e. The van der Waals surface area contributed by atoms with Crippen LogP contribution in [0.15, 0.2) is 0 Å². The van der Waals surface area contributed by atoms with Gasteiger partial charge in [-0.2, -0.15) is 0 Å². The van der Waals surface area contributed by atoms with Gasteiger partial charge in [0.2, 0.25) is 0 Å². The van der Waals surface area contributed by atoms with E-state index in [1.165, 1.54) is 62.6 Å². The molecule has 1 saturated heterocycles. The number of rotatable bonds is 6. The summed E-state index contributed by atoms with van der Waals surface area (Å²) in [6, 6.07) is 0. The average molecular weight is 205 g/mol. The van der Waals surface area contributed by atoms with E-state index in [4.69, 9.17) is 11.6 Å². The van der Waals surface area contributed by atoms with Crippen LogP contribution in [0.4, 0.5) is 0 Å². The molecule has 0 saturated carbocycles. The van der Waals surface area contributed by atoms with Gasteiger partial charge in [-0.05, 0) is 19.3 Å². The van der Waals surface area contributed by atoms with Crippen molar-refractivity contribution in [2.45, 2.75) is 38.5 Å². The molecule has 0 aromatic carbocycles. The Balaban J connectivity index is 1.98. The highest BCUT2D eigenvalue weighted by Gasteiger charge is 2.25. The first kappa shape index (κ1) is 11.3. The summed E-state index contributed by atoms with van der Waals surface area (Å²) in [5.74, 6) is 0.839. The SMILES string of the molecule is C[N+]1(CCCCCCCl)CCCC1. The van der Waals surface area contributed by atoms with E-state index in [0.29, 0.717) is 0 Å². The first-order valence-electron chi connectivity index (χ1n) is 5.66. The van der Waals surface area contributed by atoms with E-state index in [0.717, 1.165) is 5.88 Å². The summed E-state index contributed by atoms with van der Waals surface area (Å²) in [5, 5.41) is 0. The Morgan fingerprint density at radius 1 is 1.00 bits per heavy atom. The van der Waals surface area contributed by atoms with E-state index in [1.54, 1.807) is 0 Å². The lowest BCUT2D eigenvalue weighted by molar-refractivity contribution is -0.897. The number of likely N-dealkylation sites (tertiary alicyclic amines) is 1. The fraction of sp³-hybridized carbons (Fsp3) is 1.00. The number of halogens is 1. The normalized spacial score (nSPS) is 20.8. The van der Waals surface area contributed by atoms with Crippen LogP contribution in [-0.4, -0.2) is 37.0 Å². The molecule has 1 aliphatic rings. The first-order valence-corrected chi connectivity index (χ1v) is 6.20. The Morgan fingerprint density at radius 3 is 2.23 bits per heavy atom. The predicted octanol–water partition coefficient (Wildman–Crippen LogP) is 3.03. The van der Waals surface area contributed by atoms with Crippen LogP contribution in [0.5, 0.6) is 0 Å². The maximum atomic E-state index is 5.63. The number of hydrogen-bond acceptors (Lipinski definition) is 0. The van der Waals surface area contributed by atoms with E-state index < -0.39 is 0 Å². The maximum Gasteiger partial charge on any atom is 0.0786 e. The highest BCUT2D eigenvalue weighted by Crippen LogP contribution is 2.17. The van der Waals surface area contributed by atoms with Crippen molar-refractivity contribution in [3.8, 4) is 0 Å². The van der Waals surface area contributed by atoms with Crippen LogP contribution < -0.4 is 0 Å². The zero-order valence-electron chi connectivity index (χ0n) is 8.90. The molecule has 1 heterocycles. The molecule has 1 aliphatic heterocycles. The molecule has 0 unspecified atom stereocenters. The van der Waals surface area contributed by atoms with Crippen molar-refractivity contribution in [2.24, 2.45) is 0 Å². The van der Waals surface area contributed by atoms with Crippen molar-refractivity contribution in [3.05, 3.63) is 0 Å². The van der Waals surface area contributed by atoms with Crippen LogP contribution in [0.2, 0.25) is 0 Å². The van der Waals surface area contributed by atoms with Gasteiger partial charge in [0.15, 0.2) is 0 Å². The van der Waals surface area contributed by atoms with Crippen LogP contribution in [0.25, 0.3) is 0 Å². The third-order valence-electron chi connectivity index (χ3n) is 3.23. The number of quaternary nitrogens is 1. The minimum absolute atomic E-state index is 0.839. The molecule has 13 heavy (non-hydrogen) atoms. The Bertz CT molecular complexity index is 130. The van der Waals surface area contributed by atoms with Crippen molar-refractivity contribution in [3.63, 3.8) is 0 Å². The Hall–Kier alpha value is 0.250. The molecule has 1 fully saturated rings. The van der Waals surface area contributed by atoms with Gasteiger partial charge in [-0.1, -0.05) is 6.42 Å². The van der Waals surface area contributed by atoms with Gasteiger partial charge in [-0.3, -0.25) is 0 Å². The highest BCUT2D eigenvalue weighted by molar-refractivity contribution is 6.17. The number of alkyl halides is 1. The quantitative estimate of drug-likeness (QED) is 0.355. The average Bonchev–Trinajstić information content (AvgIpc) is 2.53. The van der Waals surface area contributed by atoms with Crippen molar-refractivity contribution < 1.29 is 4.48 Å².